The Hall–Kier alpha value is -4.20. The lowest BCUT2D eigenvalue weighted by Gasteiger charge is -2.09. The van der Waals surface area contributed by atoms with Gasteiger partial charge in [0.05, 0.1) is 19.9 Å². The van der Waals surface area contributed by atoms with E-state index in [2.05, 4.69) is 15.8 Å². The van der Waals surface area contributed by atoms with Crippen LogP contribution in [-0.2, 0) is 0 Å². The van der Waals surface area contributed by atoms with Crippen LogP contribution in [0.1, 0.15) is 33.2 Å². The van der Waals surface area contributed by atoms with Gasteiger partial charge in [0.2, 0.25) is 0 Å². The first-order valence-corrected chi connectivity index (χ1v) is 9.64. The van der Waals surface area contributed by atoms with Gasteiger partial charge in [-0.25, -0.2) is 9.82 Å². The SMILES string of the molecule is COc1cc(OC)cc(C(=O)NN=C(C)c2cccc(NC(=O)c3cccc(F)c3)c2)c1. The Morgan fingerprint density at radius 3 is 2.12 bits per heavy atom. The summed E-state index contributed by atoms with van der Waals surface area (Å²) in [5, 5.41) is 6.87. The molecule has 0 unspecified atom stereocenters. The molecule has 0 radical (unpaired) electrons. The molecule has 0 atom stereocenters. The third-order valence-electron chi connectivity index (χ3n) is 4.56. The van der Waals surface area contributed by atoms with E-state index in [0.717, 1.165) is 6.07 Å². The highest BCUT2D eigenvalue weighted by atomic mass is 19.1. The maximum absolute atomic E-state index is 13.3. The van der Waals surface area contributed by atoms with Crippen LogP contribution in [0, 0.1) is 5.82 Å². The van der Waals surface area contributed by atoms with E-state index >= 15 is 0 Å². The summed E-state index contributed by atoms with van der Waals surface area (Å²) in [5.74, 6) is -0.388. The van der Waals surface area contributed by atoms with E-state index in [0.29, 0.717) is 34.0 Å². The van der Waals surface area contributed by atoms with Crippen LogP contribution in [0.4, 0.5) is 10.1 Å². The molecule has 0 fully saturated rings. The highest BCUT2D eigenvalue weighted by molar-refractivity contribution is 6.06. The van der Waals surface area contributed by atoms with Crippen molar-refractivity contribution in [2.75, 3.05) is 19.5 Å². The minimum Gasteiger partial charge on any atom is -0.497 e. The second kappa shape index (κ2) is 10.2. The van der Waals surface area contributed by atoms with Gasteiger partial charge >= 0.3 is 0 Å². The molecule has 2 N–H and O–H groups in total. The monoisotopic (exact) mass is 435 g/mol. The number of nitrogens with zero attached hydrogens (tertiary/aromatic N) is 1. The zero-order valence-corrected chi connectivity index (χ0v) is 17.8. The van der Waals surface area contributed by atoms with E-state index < -0.39 is 17.6 Å². The maximum atomic E-state index is 13.3. The third-order valence-corrected chi connectivity index (χ3v) is 4.56. The lowest BCUT2D eigenvalue weighted by atomic mass is 10.1. The molecule has 0 bridgehead atoms. The smallest absolute Gasteiger partial charge is 0.271 e. The normalized spacial score (nSPS) is 10.9. The Bertz CT molecular complexity index is 1160. The number of hydrogen-bond acceptors (Lipinski definition) is 5. The summed E-state index contributed by atoms with van der Waals surface area (Å²) < 4.78 is 23.7. The number of rotatable bonds is 7. The number of anilines is 1. The molecule has 0 spiro atoms. The van der Waals surface area contributed by atoms with Gasteiger partial charge in [0.25, 0.3) is 11.8 Å². The first-order valence-electron chi connectivity index (χ1n) is 9.64. The zero-order valence-electron chi connectivity index (χ0n) is 17.8. The van der Waals surface area contributed by atoms with Crippen LogP contribution in [0.5, 0.6) is 11.5 Å². The summed E-state index contributed by atoms with van der Waals surface area (Å²) in [4.78, 5) is 24.8. The van der Waals surface area contributed by atoms with E-state index in [1.807, 2.05) is 0 Å². The second-order valence-corrected chi connectivity index (χ2v) is 6.78. The number of benzene rings is 3. The number of nitrogens with one attached hydrogen (secondary N) is 2. The standard InChI is InChI=1S/C24H22FN3O4/c1-15(27-28-24(30)18-12-21(31-2)14-22(13-18)32-3)16-6-5-9-20(11-16)26-23(29)17-7-4-8-19(25)10-17/h4-14H,1-3H3,(H,26,29)(H,28,30). The minimum absolute atomic E-state index is 0.210. The summed E-state index contributed by atoms with van der Waals surface area (Å²) >= 11 is 0. The van der Waals surface area contributed by atoms with Gasteiger partial charge in [0.15, 0.2) is 0 Å². The van der Waals surface area contributed by atoms with Gasteiger partial charge in [-0.15, -0.1) is 0 Å². The topological polar surface area (TPSA) is 89.0 Å². The lowest BCUT2D eigenvalue weighted by molar-refractivity contribution is 0.0953. The molecular formula is C24H22FN3O4. The van der Waals surface area contributed by atoms with Crippen LogP contribution in [0.3, 0.4) is 0 Å². The van der Waals surface area contributed by atoms with E-state index in [9.17, 15) is 14.0 Å². The summed E-state index contributed by atoms with van der Waals surface area (Å²) in [7, 11) is 3.00. The number of hydrazone groups is 1. The number of halogens is 1. The lowest BCUT2D eigenvalue weighted by Crippen LogP contribution is -2.19. The van der Waals surface area contributed by atoms with Crippen molar-refractivity contribution in [3.63, 3.8) is 0 Å². The fourth-order valence-electron chi connectivity index (χ4n) is 2.86. The minimum atomic E-state index is -0.487. The van der Waals surface area contributed by atoms with Crippen molar-refractivity contribution in [1.29, 1.82) is 0 Å². The Morgan fingerprint density at radius 1 is 0.812 bits per heavy atom. The fraction of sp³-hybridized carbons (Fsp3) is 0.125. The highest BCUT2D eigenvalue weighted by Crippen LogP contribution is 2.22. The van der Waals surface area contributed by atoms with Crippen molar-refractivity contribution in [2.45, 2.75) is 6.92 Å². The number of amides is 2. The molecule has 3 aromatic carbocycles. The van der Waals surface area contributed by atoms with E-state index in [4.69, 9.17) is 9.47 Å². The molecule has 0 saturated carbocycles. The number of ether oxygens (including phenoxy) is 2. The molecule has 0 saturated heterocycles. The molecule has 0 aliphatic carbocycles. The van der Waals surface area contributed by atoms with Gasteiger partial charge in [-0.1, -0.05) is 18.2 Å². The fourth-order valence-corrected chi connectivity index (χ4v) is 2.86. The molecule has 8 heteroatoms. The Labute approximate surface area is 184 Å². The van der Waals surface area contributed by atoms with Crippen molar-refractivity contribution in [2.24, 2.45) is 5.10 Å². The van der Waals surface area contributed by atoms with E-state index in [1.165, 1.54) is 32.4 Å². The van der Waals surface area contributed by atoms with Crippen molar-refractivity contribution in [3.8, 4) is 11.5 Å². The van der Waals surface area contributed by atoms with Crippen LogP contribution >= 0.6 is 0 Å². The third kappa shape index (κ3) is 5.69. The van der Waals surface area contributed by atoms with Crippen LogP contribution in [0.2, 0.25) is 0 Å². The summed E-state index contributed by atoms with van der Waals surface area (Å²) in [5.41, 5.74) is 4.76. The average Bonchev–Trinajstić information content (AvgIpc) is 2.82. The Kier molecular flexibility index (Phi) is 7.17. The molecule has 0 heterocycles. The van der Waals surface area contributed by atoms with Gasteiger partial charge in [0.1, 0.15) is 17.3 Å². The molecule has 3 rings (SSSR count). The van der Waals surface area contributed by atoms with Crippen LogP contribution < -0.4 is 20.2 Å². The Morgan fingerprint density at radius 2 is 1.47 bits per heavy atom. The number of hydrogen-bond donors (Lipinski definition) is 2. The van der Waals surface area contributed by atoms with Crippen molar-refractivity contribution < 1.29 is 23.5 Å². The zero-order chi connectivity index (χ0) is 23.1. The number of carbonyl (C=O) groups excluding carboxylic acids is 2. The molecule has 3 aromatic rings. The quantitative estimate of drug-likeness (QED) is 0.429. The van der Waals surface area contributed by atoms with Gasteiger partial charge in [-0.2, -0.15) is 5.10 Å². The molecule has 0 aliphatic heterocycles. The average molecular weight is 435 g/mol. The van der Waals surface area contributed by atoms with Gasteiger partial charge in [-0.3, -0.25) is 9.59 Å². The van der Waals surface area contributed by atoms with E-state index in [-0.39, 0.29) is 5.56 Å². The molecule has 0 aromatic heterocycles. The summed E-state index contributed by atoms with van der Waals surface area (Å²) in [6.07, 6.45) is 0. The van der Waals surface area contributed by atoms with E-state index in [1.54, 1.807) is 49.4 Å². The molecule has 164 valence electrons. The predicted octanol–water partition coefficient (Wildman–Crippen LogP) is 4.25. The second-order valence-electron chi connectivity index (χ2n) is 6.78. The molecule has 0 aliphatic rings. The summed E-state index contributed by atoms with van der Waals surface area (Å²) in [6.45, 7) is 1.72. The van der Waals surface area contributed by atoms with Gasteiger partial charge in [-0.05, 0) is 55.0 Å². The predicted molar refractivity (Wildman–Crippen MR) is 120 cm³/mol. The first kappa shape index (κ1) is 22.5. The van der Waals surface area contributed by atoms with Crippen molar-refractivity contribution in [3.05, 3.63) is 89.2 Å². The highest BCUT2D eigenvalue weighted by Gasteiger charge is 2.11. The molecule has 2 amide bonds. The summed E-state index contributed by atoms with van der Waals surface area (Å²) in [6, 6.07) is 17.2. The van der Waals surface area contributed by atoms with Crippen LogP contribution in [0.25, 0.3) is 0 Å². The molecule has 7 nitrogen and oxygen atoms in total. The largest absolute Gasteiger partial charge is 0.497 e. The number of carbonyl (C=O) groups is 2. The first-order chi connectivity index (χ1) is 15.4. The van der Waals surface area contributed by atoms with Gasteiger partial charge in [0, 0.05) is 22.9 Å². The Balaban J connectivity index is 1.72. The molecular weight excluding hydrogens is 413 g/mol. The van der Waals surface area contributed by atoms with Gasteiger partial charge < -0.3 is 14.8 Å². The number of methoxy groups -OCH3 is 2. The van der Waals surface area contributed by atoms with Crippen LogP contribution in [0.15, 0.2) is 71.8 Å². The van der Waals surface area contributed by atoms with Crippen LogP contribution in [-0.4, -0.2) is 31.7 Å². The molecule has 32 heavy (non-hydrogen) atoms. The van der Waals surface area contributed by atoms with Crippen molar-refractivity contribution >= 4 is 23.2 Å². The maximum Gasteiger partial charge on any atom is 0.271 e. The van der Waals surface area contributed by atoms with Crippen molar-refractivity contribution in [1.82, 2.24) is 5.43 Å².